The molecule has 4 aromatic carbocycles. The number of carbonyl (C=O) groups excluding carboxylic acids is 1. The molecule has 1 aliphatic heterocycles. The van der Waals surface area contributed by atoms with Gasteiger partial charge >= 0.3 is 6.03 Å². The van der Waals surface area contributed by atoms with E-state index in [0.29, 0.717) is 11.5 Å². The maximum atomic E-state index is 14.4. The average Bonchev–Trinajstić information content (AvgIpc) is 3.07. The summed E-state index contributed by atoms with van der Waals surface area (Å²) in [6, 6.07) is 35.8. The summed E-state index contributed by atoms with van der Waals surface area (Å²) in [5, 5.41) is 23.2. The van der Waals surface area contributed by atoms with Crippen molar-refractivity contribution in [2.24, 2.45) is 0 Å². The van der Waals surface area contributed by atoms with E-state index in [-0.39, 0.29) is 32.3 Å². The Bertz CT molecular complexity index is 1220. The molecule has 1 aliphatic rings. The maximum Gasteiger partial charge on any atom is 0.321 e. The standard InChI is InChI=1S/C33H34N2O5/c36-31-29(23-39-27-17-9-3-10-18-27)34(21-25-13-5-1-6-14-25)33(38)35(22-26-15-7-2-8-16-26)30(32(31)37)24-40-28-19-11-4-12-20-28/h1-20,29-32,36-37H,21-24H2/t29-,30-,31-,32-/m0/s1. The molecular formula is C33H34N2O5. The molecule has 5 rings (SSSR count). The van der Waals surface area contributed by atoms with Gasteiger partial charge in [0.05, 0.1) is 12.1 Å². The molecule has 2 amide bonds. The van der Waals surface area contributed by atoms with Gasteiger partial charge in [0, 0.05) is 13.1 Å². The molecule has 2 N–H and O–H groups in total. The Balaban J connectivity index is 1.50. The topological polar surface area (TPSA) is 82.5 Å². The van der Waals surface area contributed by atoms with Crippen molar-refractivity contribution in [3.05, 3.63) is 132 Å². The Morgan fingerprint density at radius 2 is 0.850 bits per heavy atom. The van der Waals surface area contributed by atoms with Crippen molar-refractivity contribution in [2.75, 3.05) is 13.2 Å². The van der Waals surface area contributed by atoms with E-state index in [0.717, 1.165) is 11.1 Å². The molecule has 0 aliphatic carbocycles. The number of ether oxygens (including phenoxy) is 2. The van der Waals surface area contributed by atoms with Crippen LogP contribution in [0.15, 0.2) is 121 Å². The Labute approximate surface area is 234 Å². The monoisotopic (exact) mass is 538 g/mol. The van der Waals surface area contributed by atoms with E-state index in [1.54, 1.807) is 9.80 Å². The fourth-order valence-electron chi connectivity index (χ4n) is 4.98. The molecule has 0 spiro atoms. The first-order valence-corrected chi connectivity index (χ1v) is 13.5. The van der Waals surface area contributed by atoms with Crippen LogP contribution in [0.4, 0.5) is 4.79 Å². The highest BCUT2D eigenvalue weighted by molar-refractivity contribution is 5.76. The molecule has 0 bridgehead atoms. The molecule has 7 nitrogen and oxygen atoms in total. The van der Waals surface area contributed by atoms with Crippen molar-refractivity contribution < 1.29 is 24.5 Å². The lowest BCUT2D eigenvalue weighted by atomic mass is 9.99. The van der Waals surface area contributed by atoms with Crippen LogP contribution in [0.5, 0.6) is 11.5 Å². The zero-order valence-corrected chi connectivity index (χ0v) is 22.2. The largest absolute Gasteiger partial charge is 0.491 e. The number of hydrogen-bond donors (Lipinski definition) is 2. The van der Waals surface area contributed by atoms with Crippen LogP contribution in [0, 0.1) is 0 Å². The molecule has 7 heteroatoms. The molecule has 1 heterocycles. The highest BCUT2D eigenvalue weighted by Gasteiger charge is 2.47. The van der Waals surface area contributed by atoms with E-state index in [1.807, 2.05) is 121 Å². The molecule has 0 aromatic heterocycles. The average molecular weight is 539 g/mol. The van der Waals surface area contributed by atoms with Crippen molar-refractivity contribution in [2.45, 2.75) is 37.4 Å². The van der Waals surface area contributed by atoms with Gasteiger partial charge in [-0.3, -0.25) is 0 Å². The number of urea groups is 1. The lowest BCUT2D eigenvalue weighted by molar-refractivity contribution is -0.0565. The van der Waals surface area contributed by atoms with Crippen LogP contribution in [0.3, 0.4) is 0 Å². The normalized spacial score (nSPS) is 21.1. The van der Waals surface area contributed by atoms with Gasteiger partial charge in [-0.05, 0) is 35.4 Å². The predicted octanol–water partition coefficient (Wildman–Crippen LogP) is 4.74. The molecule has 40 heavy (non-hydrogen) atoms. The number of rotatable bonds is 10. The van der Waals surface area contributed by atoms with Crippen LogP contribution >= 0.6 is 0 Å². The number of hydrogen-bond acceptors (Lipinski definition) is 5. The summed E-state index contributed by atoms with van der Waals surface area (Å²) >= 11 is 0. The molecule has 0 radical (unpaired) electrons. The van der Waals surface area contributed by atoms with Crippen molar-refractivity contribution in [3.8, 4) is 11.5 Å². The Hall–Kier alpha value is -4.33. The minimum Gasteiger partial charge on any atom is -0.491 e. The van der Waals surface area contributed by atoms with Crippen LogP contribution < -0.4 is 9.47 Å². The third kappa shape index (κ3) is 6.62. The van der Waals surface area contributed by atoms with Gasteiger partial charge in [0.1, 0.15) is 36.9 Å². The third-order valence-electron chi connectivity index (χ3n) is 7.15. The number of nitrogens with zero attached hydrogens (tertiary/aromatic N) is 2. The van der Waals surface area contributed by atoms with Gasteiger partial charge in [-0.2, -0.15) is 0 Å². The smallest absolute Gasteiger partial charge is 0.321 e. The first kappa shape index (κ1) is 27.2. The second-order valence-corrected chi connectivity index (χ2v) is 9.87. The summed E-state index contributed by atoms with van der Waals surface area (Å²) in [4.78, 5) is 17.6. The number of aliphatic hydroxyl groups excluding tert-OH is 2. The number of para-hydroxylation sites is 2. The fourth-order valence-corrected chi connectivity index (χ4v) is 4.98. The Morgan fingerprint density at radius 3 is 1.20 bits per heavy atom. The van der Waals surface area contributed by atoms with Gasteiger partial charge in [-0.15, -0.1) is 0 Å². The van der Waals surface area contributed by atoms with Crippen molar-refractivity contribution in [1.29, 1.82) is 0 Å². The van der Waals surface area contributed by atoms with Crippen LogP contribution in [-0.4, -0.2) is 63.5 Å². The first-order chi connectivity index (χ1) is 19.6. The summed E-state index contributed by atoms with van der Waals surface area (Å²) in [7, 11) is 0. The lowest BCUT2D eigenvalue weighted by Crippen LogP contribution is -2.52. The van der Waals surface area contributed by atoms with E-state index >= 15 is 0 Å². The molecule has 1 saturated heterocycles. The lowest BCUT2D eigenvalue weighted by Gasteiger charge is -2.35. The molecule has 206 valence electrons. The van der Waals surface area contributed by atoms with E-state index in [9.17, 15) is 15.0 Å². The number of carbonyl (C=O) groups is 1. The molecule has 4 atom stereocenters. The second-order valence-electron chi connectivity index (χ2n) is 9.87. The maximum absolute atomic E-state index is 14.4. The van der Waals surface area contributed by atoms with Crippen molar-refractivity contribution >= 4 is 6.03 Å². The first-order valence-electron chi connectivity index (χ1n) is 13.5. The van der Waals surface area contributed by atoms with E-state index in [4.69, 9.17) is 9.47 Å². The number of amides is 2. The van der Waals surface area contributed by atoms with Gasteiger partial charge < -0.3 is 29.5 Å². The Morgan fingerprint density at radius 1 is 0.525 bits per heavy atom. The van der Waals surface area contributed by atoms with Gasteiger partial charge in [-0.25, -0.2) is 4.79 Å². The molecular weight excluding hydrogens is 504 g/mol. The van der Waals surface area contributed by atoms with E-state index < -0.39 is 24.3 Å². The van der Waals surface area contributed by atoms with E-state index in [1.165, 1.54) is 0 Å². The van der Waals surface area contributed by atoms with Crippen LogP contribution in [0.1, 0.15) is 11.1 Å². The SMILES string of the molecule is O=C1N(Cc2ccccc2)[C@@H](COc2ccccc2)[C@H](O)[C@@H](O)[C@H](COc2ccccc2)N1Cc1ccccc1. The predicted molar refractivity (Wildman–Crippen MR) is 153 cm³/mol. The van der Waals surface area contributed by atoms with Crippen molar-refractivity contribution in [3.63, 3.8) is 0 Å². The summed E-state index contributed by atoms with van der Waals surface area (Å²) in [5.74, 6) is 1.23. The second kappa shape index (κ2) is 13.2. The molecule has 4 aromatic rings. The quantitative estimate of drug-likeness (QED) is 0.305. The minimum atomic E-state index is -1.29. The minimum absolute atomic E-state index is 0.00620. The molecule has 0 saturated carbocycles. The zero-order valence-electron chi connectivity index (χ0n) is 22.2. The third-order valence-corrected chi connectivity index (χ3v) is 7.15. The fraction of sp³-hybridized carbons (Fsp3) is 0.242. The molecule has 0 unspecified atom stereocenters. The Kier molecular flexibility index (Phi) is 8.96. The van der Waals surface area contributed by atoms with Crippen LogP contribution in [-0.2, 0) is 13.1 Å². The van der Waals surface area contributed by atoms with Crippen molar-refractivity contribution in [1.82, 2.24) is 9.80 Å². The summed E-state index contributed by atoms with van der Waals surface area (Å²) in [6.45, 7) is 0.492. The van der Waals surface area contributed by atoms with Crippen LogP contribution in [0.2, 0.25) is 0 Å². The zero-order chi connectivity index (χ0) is 27.7. The molecule has 1 fully saturated rings. The van der Waals surface area contributed by atoms with Gasteiger partial charge in [0.15, 0.2) is 0 Å². The highest BCUT2D eigenvalue weighted by Crippen LogP contribution is 2.28. The summed E-state index contributed by atoms with van der Waals surface area (Å²) in [6.07, 6.45) is -2.58. The summed E-state index contributed by atoms with van der Waals surface area (Å²) in [5.41, 5.74) is 1.81. The van der Waals surface area contributed by atoms with E-state index in [2.05, 4.69) is 0 Å². The van der Waals surface area contributed by atoms with Crippen LogP contribution in [0.25, 0.3) is 0 Å². The number of aliphatic hydroxyl groups is 2. The van der Waals surface area contributed by atoms with Gasteiger partial charge in [-0.1, -0.05) is 97.1 Å². The highest BCUT2D eigenvalue weighted by atomic mass is 16.5. The van der Waals surface area contributed by atoms with Gasteiger partial charge in [0.25, 0.3) is 0 Å². The number of benzene rings is 4. The van der Waals surface area contributed by atoms with Gasteiger partial charge in [0.2, 0.25) is 0 Å². The summed E-state index contributed by atoms with van der Waals surface area (Å²) < 4.78 is 12.1.